The molecule has 1 atom stereocenters. The van der Waals surface area contributed by atoms with Gasteiger partial charge >= 0.3 is 5.97 Å². The summed E-state index contributed by atoms with van der Waals surface area (Å²) in [6, 6.07) is 8.04. The van der Waals surface area contributed by atoms with Gasteiger partial charge in [0, 0.05) is 34.7 Å². The lowest BCUT2D eigenvalue weighted by Gasteiger charge is -2.29. The van der Waals surface area contributed by atoms with Gasteiger partial charge in [-0.05, 0) is 61.9 Å². The molecule has 2 aromatic rings. The number of piperidine rings is 1. The van der Waals surface area contributed by atoms with Crippen molar-refractivity contribution in [3.63, 3.8) is 0 Å². The van der Waals surface area contributed by atoms with Gasteiger partial charge in [0.05, 0.1) is 5.92 Å². The molecule has 0 bridgehead atoms. The molecule has 1 saturated heterocycles. The molecule has 5 heteroatoms. The molecule has 3 heterocycles. The van der Waals surface area contributed by atoms with Crippen molar-refractivity contribution in [2.45, 2.75) is 45.6 Å². The Morgan fingerprint density at radius 3 is 2.79 bits per heavy atom. The minimum Gasteiger partial charge on any atom is -0.488 e. The molecule has 28 heavy (non-hydrogen) atoms. The maximum Gasteiger partial charge on any atom is 0.310 e. The summed E-state index contributed by atoms with van der Waals surface area (Å²) in [6.07, 6.45) is 3.31. The van der Waals surface area contributed by atoms with Gasteiger partial charge in [0.1, 0.15) is 12.4 Å². The van der Waals surface area contributed by atoms with E-state index in [-0.39, 0.29) is 0 Å². The summed E-state index contributed by atoms with van der Waals surface area (Å²) in [5.41, 5.74) is 5.88. The Labute approximate surface area is 170 Å². The molecule has 0 aliphatic carbocycles. The van der Waals surface area contributed by atoms with Gasteiger partial charge in [-0.3, -0.25) is 4.79 Å². The first-order valence-corrected chi connectivity index (χ1v) is 11.0. The molecule has 0 spiro atoms. The average Bonchev–Trinajstić information content (AvgIpc) is 3.10. The average molecular weight is 398 g/mol. The molecule has 1 aromatic carbocycles. The fraction of sp³-hybridized carbons (Fsp3) is 0.435. The van der Waals surface area contributed by atoms with E-state index in [0.717, 1.165) is 49.4 Å². The molecule has 1 unspecified atom stereocenters. The molecule has 2 aliphatic heterocycles. The van der Waals surface area contributed by atoms with Gasteiger partial charge in [-0.1, -0.05) is 18.6 Å². The third kappa shape index (κ3) is 3.61. The molecule has 1 aromatic heterocycles. The second-order valence-corrected chi connectivity index (χ2v) is 8.62. The van der Waals surface area contributed by atoms with Crippen LogP contribution >= 0.6 is 11.3 Å². The summed E-state index contributed by atoms with van der Waals surface area (Å²) in [6.45, 7) is 7.89. The van der Waals surface area contributed by atoms with Gasteiger partial charge in [0.2, 0.25) is 0 Å². The third-order valence-corrected chi connectivity index (χ3v) is 6.83. The van der Waals surface area contributed by atoms with Crippen LogP contribution in [0.4, 0.5) is 0 Å². The second-order valence-electron chi connectivity index (χ2n) is 7.70. The number of nitrogens with zero attached hydrogens (tertiary/aromatic N) is 1. The van der Waals surface area contributed by atoms with E-state index < -0.39 is 11.9 Å². The number of carboxylic acids is 1. The molecular formula is C23H27NO3S. The number of carbonyl (C=O) groups is 1. The molecule has 148 valence electrons. The monoisotopic (exact) mass is 397 g/mol. The number of likely N-dealkylation sites (tertiary alicyclic amines) is 1. The number of rotatable bonds is 4. The molecule has 0 radical (unpaired) electrons. The van der Waals surface area contributed by atoms with Crippen molar-refractivity contribution >= 4 is 22.9 Å². The van der Waals surface area contributed by atoms with Gasteiger partial charge in [-0.2, -0.15) is 0 Å². The summed E-state index contributed by atoms with van der Waals surface area (Å²) in [5, 5.41) is 11.6. The highest BCUT2D eigenvalue weighted by Crippen LogP contribution is 2.44. The van der Waals surface area contributed by atoms with Crippen molar-refractivity contribution in [2.24, 2.45) is 0 Å². The molecule has 4 nitrogen and oxygen atoms in total. The van der Waals surface area contributed by atoms with E-state index in [2.05, 4.69) is 23.3 Å². The van der Waals surface area contributed by atoms with Gasteiger partial charge < -0.3 is 14.7 Å². The van der Waals surface area contributed by atoms with E-state index in [9.17, 15) is 9.90 Å². The van der Waals surface area contributed by atoms with Crippen molar-refractivity contribution in [3.05, 3.63) is 56.8 Å². The lowest BCUT2D eigenvalue weighted by molar-refractivity contribution is -0.138. The van der Waals surface area contributed by atoms with Crippen molar-refractivity contribution < 1.29 is 14.6 Å². The van der Waals surface area contributed by atoms with E-state index in [4.69, 9.17) is 4.74 Å². The lowest BCUT2D eigenvalue weighted by Crippen LogP contribution is -2.31. The summed E-state index contributed by atoms with van der Waals surface area (Å²) >= 11 is 1.77. The van der Waals surface area contributed by atoms with E-state index in [1.54, 1.807) is 18.3 Å². The molecule has 2 aliphatic rings. The Morgan fingerprint density at radius 1 is 1.29 bits per heavy atom. The quantitative estimate of drug-likeness (QED) is 0.776. The molecule has 0 amide bonds. The number of benzene rings is 1. The number of fused-ring (bicyclic) bond motifs is 2. The third-order valence-electron chi connectivity index (χ3n) is 5.85. The van der Waals surface area contributed by atoms with Crippen LogP contribution in [0.25, 0.3) is 5.57 Å². The molecule has 4 rings (SSSR count). The fourth-order valence-corrected chi connectivity index (χ4v) is 5.21. The van der Waals surface area contributed by atoms with Crippen LogP contribution in [0, 0.1) is 0 Å². The predicted octanol–water partition coefficient (Wildman–Crippen LogP) is 5.14. The maximum atomic E-state index is 11.5. The zero-order valence-electron chi connectivity index (χ0n) is 16.5. The van der Waals surface area contributed by atoms with Gasteiger partial charge in [-0.25, -0.2) is 0 Å². The van der Waals surface area contributed by atoms with E-state index in [0.29, 0.717) is 6.61 Å². The van der Waals surface area contributed by atoms with Crippen molar-refractivity contribution in [1.82, 2.24) is 4.90 Å². The minimum absolute atomic E-state index is 0.533. The number of carboxylic acid groups (broad SMARTS) is 1. The largest absolute Gasteiger partial charge is 0.488 e. The van der Waals surface area contributed by atoms with Gasteiger partial charge in [0.25, 0.3) is 0 Å². The summed E-state index contributed by atoms with van der Waals surface area (Å²) in [4.78, 5) is 15.4. The normalized spacial score (nSPS) is 18.1. The SMILES string of the molecule is CCCN1CCC(=C2c3cc(C(C)C(=O)O)ccc3OCc3ccsc32)CC1. The maximum absolute atomic E-state index is 11.5. The van der Waals surface area contributed by atoms with E-state index in [1.807, 2.05) is 18.2 Å². The molecule has 1 N–H and O–H groups in total. The van der Waals surface area contributed by atoms with Crippen molar-refractivity contribution in [3.8, 4) is 5.75 Å². The Bertz CT molecular complexity index is 904. The van der Waals surface area contributed by atoms with Crippen LogP contribution in [-0.4, -0.2) is 35.6 Å². The number of hydrogen-bond donors (Lipinski definition) is 1. The number of aliphatic carboxylic acids is 1. The summed E-state index contributed by atoms with van der Waals surface area (Å²) in [5.74, 6) is -0.467. The highest BCUT2D eigenvalue weighted by molar-refractivity contribution is 7.11. The van der Waals surface area contributed by atoms with E-state index >= 15 is 0 Å². The Balaban J connectivity index is 1.81. The Kier molecular flexibility index (Phi) is 5.56. The van der Waals surface area contributed by atoms with Crippen LogP contribution in [0.2, 0.25) is 0 Å². The van der Waals surface area contributed by atoms with Gasteiger partial charge in [0.15, 0.2) is 0 Å². The number of ether oxygens (including phenoxy) is 1. The van der Waals surface area contributed by atoms with Crippen LogP contribution in [-0.2, 0) is 11.4 Å². The molecular weight excluding hydrogens is 370 g/mol. The zero-order valence-corrected chi connectivity index (χ0v) is 17.3. The summed E-state index contributed by atoms with van der Waals surface area (Å²) in [7, 11) is 0. The first-order valence-electron chi connectivity index (χ1n) is 10.1. The smallest absolute Gasteiger partial charge is 0.310 e. The zero-order chi connectivity index (χ0) is 19.7. The first-order chi connectivity index (χ1) is 13.6. The van der Waals surface area contributed by atoms with Crippen molar-refractivity contribution in [1.29, 1.82) is 0 Å². The topological polar surface area (TPSA) is 49.8 Å². The Morgan fingerprint density at radius 2 is 2.07 bits per heavy atom. The lowest BCUT2D eigenvalue weighted by atomic mass is 9.88. The predicted molar refractivity (Wildman–Crippen MR) is 113 cm³/mol. The summed E-state index contributed by atoms with van der Waals surface area (Å²) < 4.78 is 6.12. The standard InChI is InChI=1S/C23H27NO3S/c1-3-9-24-10-6-16(7-11-24)21-19-13-17(15(2)23(25)26)4-5-20(19)27-14-18-8-12-28-22(18)21/h4-5,8,12-13,15H,3,6-7,9-11,14H2,1-2H3,(H,25,26). The first kappa shape index (κ1) is 19.2. The fourth-order valence-electron chi connectivity index (χ4n) is 4.19. The van der Waals surface area contributed by atoms with Crippen LogP contribution < -0.4 is 4.74 Å². The van der Waals surface area contributed by atoms with Crippen LogP contribution in [0.5, 0.6) is 5.75 Å². The minimum atomic E-state index is -0.798. The van der Waals surface area contributed by atoms with Gasteiger partial charge in [-0.15, -0.1) is 11.3 Å². The Hall–Kier alpha value is -2.11. The molecule has 0 saturated carbocycles. The van der Waals surface area contributed by atoms with Crippen molar-refractivity contribution in [2.75, 3.05) is 19.6 Å². The van der Waals surface area contributed by atoms with Crippen LogP contribution in [0.1, 0.15) is 60.6 Å². The molecule has 1 fully saturated rings. The van der Waals surface area contributed by atoms with E-state index in [1.165, 1.54) is 28.0 Å². The van der Waals surface area contributed by atoms with Crippen LogP contribution in [0.3, 0.4) is 0 Å². The number of thiophene rings is 1. The highest BCUT2D eigenvalue weighted by atomic mass is 32.1. The number of hydrogen-bond acceptors (Lipinski definition) is 4. The second kappa shape index (κ2) is 8.10. The highest BCUT2D eigenvalue weighted by Gasteiger charge is 2.27. The van der Waals surface area contributed by atoms with Crippen LogP contribution in [0.15, 0.2) is 35.2 Å².